The predicted octanol–water partition coefficient (Wildman–Crippen LogP) is 3.38. The highest BCUT2D eigenvalue weighted by Crippen LogP contribution is 2.25. The van der Waals surface area contributed by atoms with Crippen molar-refractivity contribution >= 4 is 27.5 Å². The summed E-state index contributed by atoms with van der Waals surface area (Å²) in [6.45, 7) is 0. The van der Waals surface area contributed by atoms with Gasteiger partial charge in [-0.05, 0) is 36.2 Å². The number of nitrogens with zero attached hydrogens (tertiary/aromatic N) is 1. The van der Waals surface area contributed by atoms with Crippen LogP contribution in [-0.2, 0) is 6.42 Å². The maximum atomic E-state index is 12.8. The molecular formula is C13H12BrClFN3. The molecule has 3 N–H and O–H groups in total. The number of halogens is 3. The highest BCUT2D eigenvalue weighted by Gasteiger charge is 2.14. The molecule has 0 amide bonds. The van der Waals surface area contributed by atoms with E-state index in [1.165, 1.54) is 12.3 Å². The molecule has 6 heteroatoms. The molecule has 0 saturated heterocycles. The van der Waals surface area contributed by atoms with Crippen LogP contribution in [0.5, 0.6) is 0 Å². The molecule has 0 fully saturated rings. The summed E-state index contributed by atoms with van der Waals surface area (Å²) in [6, 6.07) is 8.39. The number of hydrogen-bond donors (Lipinski definition) is 2. The van der Waals surface area contributed by atoms with Crippen LogP contribution in [0.25, 0.3) is 0 Å². The Morgan fingerprint density at radius 3 is 2.74 bits per heavy atom. The third kappa shape index (κ3) is 3.73. The maximum Gasteiger partial charge on any atom is 0.141 e. The summed E-state index contributed by atoms with van der Waals surface area (Å²) >= 11 is 9.52. The van der Waals surface area contributed by atoms with Crippen LogP contribution in [0.4, 0.5) is 4.39 Å². The van der Waals surface area contributed by atoms with Crippen molar-refractivity contribution < 1.29 is 4.39 Å². The molecule has 1 unspecified atom stereocenters. The van der Waals surface area contributed by atoms with Gasteiger partial charge in [-0.15, -0.1) is 0 Å². The molecule has 0 radical (unpaired) electrons. The number of nitrogens with two attached hydrogens (primary N) is 1. The second kappa shape index (κ2) is 6.43. The molecule has 0 aliphatic carbocycles. The molecule has 3 nitrogen and oxygen atoms in total. The van der Waals surface area contributed by atoms with E-state index in [1.807, 2.05) is 18.2 Å². The zero-order valence-electron chi connectivity index (χ0n) is 9.91. The minimum atomic E-state index is -0.374. The lowest BCUT2D eigenvalue weighted by Crippen LogP contribution is -2.30. The smallest absolute Gasteiger partial charge is 0.141 e. The van der Waals surface area contributed by atoms with E-state index in [4.69, 9.17) is 17.4 Å². The van der Waals surface area contributed by atoms with E-state index in [-0.39, 0.29) is 11.9 Å². The highest BCUT2D eigenvalue weighted by molar-refractivity contribution is 9.10. The largest absolute Gasteiger partial charge is 0.271 e. The normalized spacial score (nSPS) is 12.4. The van der Waals surface area contributed by atoms with Crippen LogP contribution >= 0.6 is 27.5 Å². The predicted molar refractivity (Wildman–Crippen MR) is 77.1 cm³/mol. The molecule has 1 aromatic heterocycles. The van der Waals surface area contributed by atoms with Gasteiger partial charge < -0.3 is 0 Å². The lowest BCUT2D eigenvalue weighted by Gasteiger charge is -2.16. The van der Waals surface area contributed by atoms with E-state index in [1.54, 1.807) is 6.07 Å². The summed E-state index contributed by atoms with van der Waals surface area (Å²) in [5, 5.41) is 0.650. The molecule has 0 spiro atoms. The van der Waals surface area contributed by atoms with Crippen molar-refractivity contribution in [1.29, 1.82) is 0 Å². The molecule has 0 aliphatic rings. The third-order valence-electron chi connectivity index (χ3n) is 2.75. The van der Waals surface area contributed by atoms with Gasteiger partial charge in [0.15, 0.2) is 0 Å². The number of rotatable bonds is 4. The second-order valence-corrected chi connectivity index (χ2v) is 5.38. The zero-order chi connectivity index (χ0) is 13.8. The van der Waals surface area contributed by atoms with Gasteiger partial charge >= 0.3 is 0 Å². The van der Waals surface area contributed by atoms with Crippen LogP contribution in [0.2, 0.25) is 5.02 Å². The van der Waals surface area contributed by atoms with E-state index >= 15 is 0 Å². The zero-order valence-corrected chi connectivity index (χ0v) is 12.2. The van der Waals surface area contributed by atoms with Gasteiger partial charge in [-0.1, -0.05) is 33.6 Å². The number of hydrogen-bond acceptors (Lipinski definition) is 3. The van der Waals surface area contributed by atoms with E-state index in [0.29, 0.717) is 17.1 Å². The van der Waals surface area contributed by atoms with Crippen molar-refractivity contribution in [1.82, 2.24) is 10.4 Å². The van der Waals surface area contributed by atoms with Gasteiger partial charge in [-0.25, -0.2) is 4.39 Å². The number of hydrazine groups is 1. The minimum absolute atomic E-state index is 0.223. The van der Waals surface area contributed by atoms with Crippen molar-refractivity contribution in [3.05, 3.63) is 63.1 Å². The van der Waals surface area contributed by atoms with Gasteiger partial charge in [0.1, 0.15) is 5.82 Å². The van der Waals surface area contributed by atoms with E-state index in [9.17, 15) is 4.39 Å². The monoisotopic (exact) mass is 343 g/mol. The first-order valence-electron chi connectivity index (χ1n) is 5.61. The fourth-order valence-corrected chi connectivity index (χ4v) is 2.50. The van der Waals surface area contributed by atoms with E-state index in [0.717, 1.165) is 10.0 Å². The van der Waals surface area contributed by atoms with Crippen LogP contribution in [0.3, 0.4) is 0 Å². The Morgan fingerprint density at radius 1 is 1.37 bits per heavy atom. The maximum absolute atomic E-state index is 12.8. The SMILES string of the molecule is NNC(Cc1ccc(Br)cc1Cl)c1ccc(F)cn1. The molecule has 1 atom stereocenters. The first-order valence-corrected chi connectivity index (χ1v) is 6.78. The van der Waals surface area contributed by atoms with Gasteiger partial charge in [0.05, 0.1) is 17.9 Å². The first kappa shape index (κ1) is 14.4. The number of nitrogens with one attached hydrogen (secondary N) is 1. The van der Waals surface area contributed by atoms with Gasteiger partial charge in [-0.2, -0.15) is 0 Å². The quantitative estimate of drug-likeness (QED) is 0.660. The molecule has 100 valence electrons. The number of aromatic nitrogens is 1. The molecule has 0 aliphatic heterocycles. The average Bonchev–Trinajstić information content (AvgIpc) is 2.39. The Morgan fingerprint density at radius 2 is 2.16 bits per heavy atom. The van der Waals surface area contributed by atoms with Gasteiger partial charge in [0.2, 0.25) is 0 Å². The topological polar surface area (TPSA) is 50.9 Å². The van der Waals surface area contributed by atoms with E-state index in [2.05, 4.69) is 26.3 Å². The fraction of sp³-hybridized carbons (Fsp3) is 0.154. The lowest BCUT2D eigenvalue weighted by atomic mass is 10.0. The Labute approximate surface area is 124 Å². The van der Waals surface area contributed by atoms with Crippen LogP contribution < -0.4 is 11.3 Å². The number of pyridine rings is 1. The summed E-state index contributed by atoms with van der Waals surface area (Å²) in [7, 11) is 0. The molecule has 1 heterocycles. The molecular weight excluding hydrogens is 333 g/mol. The Kier molecular flexibility index (Phi) is 4.87. The van der Waals surface area contributed by atoms with Crippen LogP contribution in [0, 0.1) is 5.82 Å². The summed E-state index contributed by atoms with van der Waals surface area (Å²) in [5.74, 6) is 5.16. The molecule has 2 rings (SSSR count). The van der Waals surface area contributed by atoms with Crippen molar-refractivity contribution in [2.75, 3.05) is 0 Å². The summed E-state index contributed by atoms with van der Waals surface area (Å²) in [6.07, 6.45) is 1.74. The van der Waals surface area contributed by atoms with Crippen LogP contribution in [0.15, 0.2) is 41.0 Å². The van der Waals surface area contributed by atoms with Crippen LogP contribution in [-0.4, -0.2) is 4.98 Å². The highest BCUT2D eigenvalue weighted by atomic mass is 79.9. The molecule has 19 heavy (non-hydrogen) atoms. The van der Waals surface area contributed by atoms with Crippen molar-refractivity contribution in [2.45, 2.75) is 12.5 Å². The minimum Gasteiger partial charge on any atom is -0.271 e. The standard InChI is InChI=1S/C13H12BrClFN3/c14-9-2-1-8(11(15)6-9)5-13(19-17)12-4-3-10(16)7-18-12/h1-4,6-7,13,19H,5,17H2. The summed E-state index contributed by atoms with van der Waals surface area (Å²) in [5.41, 5.74) is 4.29. The molecule has 1 aromatic carbocycles. The Hall–Kier alpha value is -1.01. The third-order valence-corrected chi connectivity index (χ3v) is 3.59. The second-order valence-electron chi connectivity index (χ2n) is 4.06. The van der Waals surface area contributed by atoms with Gasteiger partial charge in [-0.3, -0.25) is 16.3 Å². The number of benzene rings is 1. The van der Waals surface area contributed by atoms with Gasteiger partial charge in [0, 0.05) is 9.50 Å². The average molecular weight is 345 g/mol. The Bertz CT molecular complexity index is 562. The Balaban J connectivity index is 2.21. The van der Waals surface area contributed by atoms with Crippen LogP contribution in [0.1, 0.15) is 17.3 Å². The van der Waals surface area contributed by atoms with Crippen molar-refractivity contribution in [3.63, 3.8) is 0 Å². The van der Waals surface area contributed by atoms with Crippen molar-refractivity contribution in [3.8, 4) is 0 Å². The van der Waals surface area contributed by atoms with Crippen molar-refractivity contribution in [2.24, 2.45) is 5.84 Å². The molecule has 2 aromatic rings. The van der Waals surface area contributed by atoms with Gasteiger partial charge in [0.25, 0.3) is 0 Å². The summed E-state index contributed by atoms with van der Waals surface area (Å²) in [4.78, 5) is 4.02. The summed E-state index contributed by atoms with van der Waals surface area (Å²) < 4.78 is 13.8. The molecule has 0 bridgehead atoms. The first-order chi connectivity index (χ1) is 9.10. The molecule has 0 saturated carbocycles. The van der Waals surface area contributed by atoms with E-state index < -0.39 is 0 Å². The lowest BCUT2D eigenvalue weighted by molar-refractivity contribution is 0.533. The fourth-order valence-electron chi connectivity index (χ4n) is 1.75.